The Hall–Kier alpha value is -4.38. The summed E-state index contributed by atoms with van der Waals surface area (Å²) in [5.41, 5.74) is 3.31. The molecule has 1 atom stereocenters. The minimum absolute atomic E-state index is 0.0674. The van der Waals surface area contributed by atoms with E-state index >= 15 is 0 Å². The van der Waals surface area contributed by atoms with Crippen LogP contribution in [0.1, 0.15) is 44.9 Å². The van der Waals surface area contributed by atoms with E-state index in [0.717, 1.165) is 16.6 Å². The third-order valence-corrected chi connectivity index (χ3v) is 7.96. The number of nitrogens with zero attached hydrogens (tertiary/aromatic N) is 4. The van der Waals surface area contributed by atoms with Gasteiger partial charge >= 0.3 is 11.7 Å². The van der Waals surface area contributed by atoms with E-state index in [9.17, 15) is 14.4 Å². The molecule has 3 heterocycles. The third kappa shape index (κ3) is 4.90. The fraction of sp³-hybridized carbons (Fsp3) is 0.333. The second-order valence-electron chi connectivity index (χ2n) is 10.0. The molecule has 1 aliphatic rings. The molecule has 10 nitrogen and oxygen atoms in total. The largest absolute Gasteiger partial charge is 0.493 e. The minimum atomic E-state index is -0.785. The smallest absolute Gasteiger partial charge is 0.338 e. The highest BCUT2D eigenvalue weighted by molar-refractivity contribution is 7.07. The molecule has 0 spiro atoms. The Bertz CT molecular complexity index is 1960. The van der Waals surface area contributed by atoms with Crippen LogP contribution in [0.4, 0.5) is 0 Å². The highest BCUT2D eigenvalue weighted by Gasteiger charge is 2.34. The summed E-state index contributed by atoms with van der Waals surface area (Å²) in [4.78, 5) is 44.7. The molecule has 41 heavy (non-hydrogen) atoms. The Labute approximate surface area is 240 Å². The SMILES string of the molecule is CCOC(=O)C1=C(C)N=c2sc(=Cc3ccc4c(c3)n(C)c(=O)n4C)c(=O)n2C1c1ccc(OC(C)C)c(OC)c1. The first kappa shape index (κ1) is 28.2. The Balaban J connectivity index is 1.71. The standard InChI is InChI=1S/C30H32N4O6S/c1-8-39-28(36)25-17(4)31-29-34(26(25)19-10-12-22(40-16(2)3)23(15-19)38-7)27(35)24(41-29)14-18-9-11-20-21(13-18)33(6)30(37)32(20)5/h9-16,26H,8H2,1-7H3. The highest BCUT2D eigenvalue weighted by Crippen LogP contribution is 2.36. The molecule has 5 rings (SSSR count). The molecule has 214 valence electrons. The summed E-state index contributed by atoms with van der Waals surface area (Å²) in [7, 11) is 4.99. The van der Waals surface area contributed by atoms with Crippen LogP contribution in [-0.4, -0.2) is 39.5 Å². The molecule has 11 heteroatoms. The molecule has 2 aromatic heterocycles. The van der Waals surface area contributed by atoms with Crippen molar-refractivity contribution in [3.63, 3.8) is 0 Å². The Morgan fingerprint density at radius 2 is 1.80 bits per heavy atom. The van der Waals surface area contributed by atoms with Crippen molar-refractivity contribution in [3.05, 3.63) is 89.0 Å². The van der Waals surface area contributed by atoms with Gasteiger partial charge in [-0.1, -0.05) is 23.5 Å². The monoisotopic (exact) mass is 576 g/mol. The molecule has 0 saturated carbocycles. The number of fused-ring (bicyclic) bond motifs is 2. The number of esters is 1. The Morgan fingerprint density at radius 1 is 1.07 bits per heavy atom. The van der Waals surface area contributed by atoms with Gasteiger partial charge in [-0.15, -0.1) is 0 Å². The molecule has 2 aromatic carbocycles. The lowest BCUT2D eigenvalue weighted by Gasteiger charge is -2.25. The van der Waals surface area contributed by atoms with Crippen molar-refractivity contribution in [2.45, 2.75) is 39.8 Å². The van der Waals surface area contributed by atoms with Gasteiger partial charge in [0.2, 0.25) is 0 Å². The number of rotatable bonds is 7. The summed E-state index contributed by atoms with van der Waals surface area (Å²) in [5.74, 6) is 0.505. The fourth-order valence-electron chi connectivity index (χ4n) is 5.08. The van der Waals surface area contributed by atoms with Gasteiger partial charge in [-0.2, -0.15) is 0 Å². The van der Waals surface area contributed by atoms with Crippen molar-refractivity contribution < 1.29 is 19.0 Å². The average molecular weight is 577 g/mol. The predicted octanol–water partition coefficient (Wildman–Crippen LogP) is 2.78. The van der Waals surface area contributed by atoms with E-state index in [0.29, 0.717) is 32.1 Å². The van der Waals surface area contributed by atoms with Crippen LogP contribution in [-0.2, 0) is 23.6 Å². The molecule has 4 aromatic rings. The number of hydrogen-bond donors (Lipinski definition) is 0. The highest BCUT2D eigenvalue weighted by atomic mass is 32.1. The predicted molar refractivity (Wildman–Crippen MR) is 157 cm³/mol. The average Bonchev–Trinajstić information content (AvgIpc) is 3.35. The Morgan fingerprint density at radius 3 is 2.49 bits per heavy atom. The summed E-state index contributed by atoms with van der Waals surface area (Å²) in [6.45, 7) is 7.50. The van der Waals surface area contributed by atoms with Crippen LogP contribution < -0.4 is 30.1 Å². The number of hydrogen-bond acceptors (Lipinski definition) is 8. The molecule has 0 aliphatic carbocycles. The van der Waals surface area contributed by atoms with E-state index in [1.807, 2.05) is 38.1 Å². The first-order valence-electron chi connectivity index (χ1n) is 13.2. The van der Waals surface area contributed by atoms with E-state index in [1.54, 1.807) is 62.4 Å². The zero-order valence-corrected chi connectivity index (χ0v) is 24.9. The van der Waals surface area contributed by atoms with Gasteiger partial charge in [0.15, 0.2) is 16.3 Å². The van der Waals surface area contributed by atoms with Crippen LogP contribution in [0.2, 0.25) is 0 Å². The number of imidazole rings is 1. The zero-order chi connectivity index (χ0) is 29.6. The van der Waals surface area contributed by atoms with Crippen LogP contribution in [0, 0.1) is 0 Å². The molecule has 0 N–H and O–H groups in total. The number of aryl methyl sites for hydroxylation is 2. The van der Waals surface area contributed by atoms with Crippen LogP contribution in [0.15, 0.2) is 62.2 Å². The summed E-state index contributed by atoms with van der Waals surface area (Å²) in [5, 5.41) is 0. The summed E-state index contributed by atoms with van der Waals surface area (Å²) >= 11 is 1.24. The maximum Gasteiger partial charge on any atom is 0.338 e. The molecule has 0 bridgehead atoms. The van der Waals surface area contributed by atoms with Crippen LogP contribution in [0.3, 0.4) is 0 Å². The van der Waals surface area contributed by atoms with Gasteiger partial charge in [-0.25, -0.2) is 14.6 Å². The molecule has 0 amide bonds. The van der Waals surface area contributed by atoms with Crippen molar-refractivity contribution in [2.24, 2.45) is 19.1 Å². The maximum absolute atomic E-state index is 14.0. The first-order chi connectivity index (χ1) is 19.5. The van der Waals surface area contributed by atoms with Gasteiger partial charge in [0.1, 0.15) is 0 Å². The summed E-state index contributed by atoms with van der Waals surface area (Å²) < 4.78 is 22.0. The van der Waals surface area contributed by atoms with E-state index < -0.39 is 12.0 Å². The lowest BCUT2D eigenvalue weighted by molar-refractivity contribution is -0.139. The maximum atomic E-state index is 14.0. The number of aromatic nitrogens is 3. The summed E-state index contributed by atoms with van der Waals surface area (Å²) in [6.07, 6.45) is 1.71. The molecule has 0 fully saturated rings. The zero-order valence-electron chi connectivity index (χ0n) is 24.0. The second kappa shape index (κ2) is 10.9. The minimum Gasteiger partial charge on any atom is -0.493 e. The quantitative estimate of drug-likeness (QED) is 0.314. The number of carbonyl (C=O) groups excluding carboxylic acids is 1. The number of thiazole rings is 1. The van der Waals surface area contributed by atoms with Crippen molar-refractivity contribution in [1.82, 2.24) is 13.7 Å². The van der Waals surface area contributed by atoms with Gasteiger partial charge in [0.25, 0.3) is 5.56 Å². The molecule has 1 aliphatic heterocycles. The van der Waals surface area contributed by atoms with E-state index in [-0.39, 0.29) is 29.5 Å². The lowest BCUT2D eigenvalue weighted by Crippen LogP contribution is -2.40. The third-order valence-electron chi connectivity index (χ3n) is 6.98. The fourth-order valence-corrected chi connectivity index (χ4v) is 6.12. The van der Waals surface area contributed by atoms with Gasteiger partial charge in [0, 0.05) is 14.1 Å². The Kier molecular flexibility index (Phi) is 7.48. The number of allylic oxidation sites excluding steroid dienone is 1. The number of carbonyl (C=O) groups is 1. The number of ether oxygens (including phenoxy) is 3. The van der Waals surface area contributed by atoms with Crippen LogP contribution >= 0.6 is 11.3 Å². The molecule has 0 radical (unpaired) electrons. The van der Waals surface area contributed by atoms with E-state index in [1.165, 1.54) is 15.9 Å². The van der Waals surface area contributed by atoms with Crippen LogP contribution in [0.25, 0.3) is 17.1 Å². The van der Waals surface area contributed by atoms with Crippen molar-refractivity contribution in [2.75, 3.05) is 13.7 Å². The van der Waals surface area contributed by atoms with Crippen molar-refractivity contribution >= 4 is 34.4 Å². The van der Waals surface area contributed by atoms with Crippen molar-refractivity contribution in [1.29, 1.82) is 0 Å². The normalized spacial score (nSPS) is 15.3. The topological polar surface area (TPSA) is 106 Å². The molecule has 0 saturated heterocycles. The second-order valence-corrected chi connectivity index (χ2v) is 11.0. The van der Waals surface area contributed by atoms with Gasteiger partial charge in [-0.3, -0.25) is 18.5 Å². The molecule has 1 unspecified atom stereocenters. The number of benzene rings is 2. The van der Waals surface area contributed by atoms with Crippen molar-refractivity contribution in [3.8, 4) is 11.5 Å². The number of methoxy groups -OCH3 is 1. The van der Waals surface area contributed by atoms with Crippen LogP contribution in [0.5, 0.6) is 11.5 Å². The lowest BCUT2D eigenvalue weighted by atomic mass is 9.95. The van der Waals surface area contributed by atoms with E-state index in [2.05, 4.69) is 4.99 Å². The van der Waals surface area contributed by atoms with Gasteiger partial charge in [0.05, 0.1) is 52.7 Å². The molecular formula is C30H32N4O6S. The summed E-state index contributed by atoms with van der Waals surface area (Å²) in [6, 6.07) is 10.2. The molecular weight excluding hydrogens is 544 g/mol. The van der Waals surface area contributed by atoms with Gasteiger partial charge < -0.3 is 14.2 Å². The first-order valence-corrected chi connectivity index (χ1v) is 14.1. The van der Waals surface area contributed by atoms with Gasteiger partial charge in [-0.05, 0) is 69.2 Å². The van der Waals surface area contributed by atoms with E-state index in [4.69, 9.17) is 14.2 Å².